The first-order valence-electron chi connectivity index (χ1n) is 6.63. The molecule has 1 aromatic heterocycles. The van der Waals surface area contributed by atoms with Crippen LogP contribution in [0, 0.1) is 5.92 Å². The minimum atomic E-state index is 0.732. The highest BCUT2D eigenvalue weighted by atomic mass is 32.1. The van der Waals surface area contributed by atoms with Gasteiger partial charge in [0, 0.05) is 28.9 Å². The van der Waals surface area contributed by atoms with Crippen molar-refractivity contribution < 1.29 is 0 Å². The fourth-order valence-corrected chi connectivity index (χ4v) is 3.03. The Bertz CT molecular complexity index is 342. The van der Waals surface area contributed by atoms with Crippen LogP contribution in [0.2, 0.25) is 0 Å². The number of hydrogen-bond acceptors (Lipinski definition) is 3. The van der Waals surface area contributed by atoms with Gasteiger partial charge in [-0.2, -0.15) is 0 Å². The van der Waals surface area contributed by atoms with Crippen molar-refractivity contribution in [1.82, 2.24) is 10.2 Å². The molecule has 1 aromatic rings. The van der Waals surface area contributed by atoms with E-state index in [9.17, 15) is 0 Å². The zero-order valence-electron chi connectivity index (χ0n) is 11.2. The van der Waals surface area contributed by atoms with E-state index in [1.165, 1.54) is 22.6 Å². The average Bonchev–Trinajstić information content (AvgIpc) is 3.02. The Morgan fingerprint density at radius 3 is 2.71 bits per heavy atom. The van der Waals surface area contributed by atoms with Crippen LogP contribution in [0.15, 0.2) is 12.1 Å². The summed E-state index contributed by atoms with van der Waals surface area (Å²) >= 11 is 1.95. The largest absolute Gasteiger partial charge is 0.312 e. The van der Waals surface area contributed by atoms with Crippen LogP contribution >= 0.6 is 11.3 Å². The molecule has 17 heavy (non-hydrogen) atoms. The highest BCUT2D eigenvalue weighted by molar-refractivity contribution is 7.11. The van der Waals surface area contributed by atoms with Crippen LogP contribution < -0.4 is 5.32 Å². The quantitative estimate of drug-likeness (QED) is 0.802. The molecule has 1 fully saturated rings. The van der Waals surface area contributed by atoms with Crippen LogP contribution in [0.5, 0.6) is 0 Å². The molecule has 0 amide bonds. The zero-order valence-corrected chi connectivity index (χ0v) is 12.0. The van der Waals surface area contributed by atoms with E-state index >= 15 is 0 Å². The van der Waals surface area contributed by atoms with Crippen molar-refractivity contribution in [3.8, 4) is 0 Å². The molecule has 2 rings (SSSR count). The molecule has 0 aliphatic heterocycles. The van der Waals surface area contributed by atoms with Crippen molar-refractivity contribution in [2.45, 2.75) is 45.8 Å². The predicted molar refractivity (Wildman–Crippen MR) is 75.4 cm³/mol. The standard InChI is InChI=1S/C14H24N2S/c1-11(2)8-15-9-13-6-7-14(17-13)10-16(3)12-4-5-12/h6-7,11-12,15H,4-5,8-10H2,1-3H3. The van der Waals surface area contributed by atoms with Crippen LogP contribution in [0.3, 0.4) is 0 Å². The lowest BCUT2D eigenvalue weighted by atomic mass is 10.2. The first-order chi connectivity index (χ1) is 8.15. The van der Waals surface area contributed by atoms with Crippen molar-refractivity contribution >= 4 is 11.3 Å². The molecule has 1 saturated carbocycles. The van der Waals surface area contributed by atoms with Gasteiger partial charge < -0.3 is 5.32 Å². The maximum atomic E-state index is 3.50. The van der Waals surface area contributed by atoms with E-state index in [1.807, 2.05) is 11.3 Å². The Hall–Kier alpha value is -0.380. The second-order valence-corrected chi connectivity index (χ2v) is 6.79. The van der Waals surface area contributed by atoms with E-state index in [0.29, 0.717) is 0 Å². The lowest BCUT2D eigenvalue weighted by Gasteiger charge is -2.13. The zero-order chi connectivity index (χ0) is 12.3. The predicted octanol–water partition coefficient (Wildman–Crippen LogP) is 3.09. The van der Waals surface area contributed by atoms with Crippen molar-refractivity contribution in [3.05, 3.63) is 21.9 Å². The van der Waals surface area contributed by atoms with Crippen LogP contribution in [-0.2, 0) is 13.1 Å². The number of rotatable bonds is 7. The number of nitrogens with one attached hydrogen (secondary N) is 1. The van der Waals surface area contributed by atoms with Crippen molar-refractivity contribution in [2.75, 3.05) is 13.6 Å². The monoisotopic (exact) mass is 252 g/mol. The van der Waals surface area contributed by atoms with E-state index in [1.54, 1.807) is 0 Å². The van der Waals surface area contributed by atoms with Crippen LogP contribution in [0.25, 0.3) is 0 Å². The second-order valence-electron chi connectivity index (χ2n) is 5.54. The lowest BCUT2D eigenvalue weighted by molar-refractivity contribution is 0.319. The van der Waals surface area contributed by atoms with Crippen LogP contribution in [-0.4, -0.2) is 24.5 Å². The number of hydrogen-bond donors (Lipinski definition) is 1. The molecule has 0 unspecified atom stereocenters. The molecule has 0 radical (unpaired) electrons. The molecule has 1 N–H and O–H groups in total. The topological polar surface area (TPSA) is 15.3 Å². The molecule has 2 nitrogen and oxygen atoms in total. The van der Waals surface area contributed by atoms with Gasteiger partial charge in [-0.15, -0.1) is 11.3 Å². The van der Waals surface area contributed by atoms with Gasteiger partial charge in [-0.25, -0.2) is 0 Å². The second kappa shape index (κ2) is 5.98. The van der Waals surface area contributed by atoms with Gasteiger partial charge in [0.05, 0.1) is 0 Å². The summed E-state index contributed by atoms with van der Waals surface area (Å²) in [5.41, 5.74) is 0. The number of nitrogens with zero attached hydrogens (tertiary/aromatic N) is 1. The highest BCUT2D eigenvalue weighted by Crippen LogP contribution is 2.28. The maximum absolute atomic E-state index is 3.50. The lowest BCUT2D eigenvalue weighted by Crippen LogP contribution is -2.19. The van der Waals surface area contributed by atoms with Crippen LogP contribution in [0.4, 0.5) is 0 Å². The van der Waals surface area contributed by atoms with Gasteiger partial charge in [0.25, 0.3) is 0 Å². The van der Waals surface area contributed by atoms with Gasteiger partial charge in [0.1, 0.15) is 0 Å². The smallest absolute Gasteiger partial charge is 0.0327 e. The molecule has 1 aliphatic rings. The molecule has 0 atom stereocenters. The third-order valence-corrected chi connectivity index (χ3v) is 4.21. The minimum Gasteiger partial charge on any atom is -0.312 e. The van der Waals surface area contributed by atoms with E-state index in [4.69, 9.17) is 0 Å². The average molecular weight is 252 g/mol. The van der Waals surface area contributed by atoms with E-state index in [-0.39, 0.29) is 0 Å². The summed E-state index contributed by atoms with van der Waals surface area (Å²) < 4.78 is 0. The fourth-order valence-electron chi connectivity index (χ4n) is 1.98. The first-order valence-corrected chi connectivity index (χ1v) is 7.45. The summed E-state index contributed by atoms with van der Waals surface area (Å²) in [7, 11) is 2.24. The van der Waals surface area contributed by atoms with E-state index in [2.05, 4.69) is 43.2 Å². The van der Waals surface area contributed by atoms with E-state index in [0.717, 1.165) is 31.6 Å². The Kier molecular flexibility index (Phi) is 4.60. The summed E-state index contributed by atoms with van der Waals surface area (Å²) in [5.74, 6) is 0.732. The third-order valence-electron chi connectivity index (χ3n) is 3.14. The Morgan fingerprint density at radius 2 is 2.06 bits per heavy atom. The third kappa shape index (κ3) is 4.41. The minimum absolute atomic E-state index is 0.732. The van der Waals surface area contributed by atoms with Crippen LogP contribution in [0.1, 0.15) is 36.4 Å². The van der Waals surface area contributed by atoms with Gasteiger partial charge in [-0.05, 0) is 44.5 Å². The molecule has 0 saturated heterocycles. The molecule has 3 heteroatoms. The van der Waals surface area contributed by atoms with Crippen molar-refractivity contribution in [2.24, 2.45) is 5.92 Å². The summed E-state index contributed by atoms with van der Waals surface area (Å²) in [5, 5.41) is 3.50. The first kappa shape index (κ1) is 13.1. The molecule has 0 bridgehead atoms. The highest BCUT2D eigenvalue weighted by Gasteiger charge is 2.26. The van der Waals surface area contributed by atoms with Gasteiger partial charge in [-0.1, -0.05) is 13.8 Å². The Labute approximate surface area is 109 Å². The van der Waals surface area contributed by atoms with Crippen molar-refractivity contribution in [3.63, 3.8) is 0 Å². The molecule has 0 spiro atoms. The van der Waals surface area contributed by atoms with Gasteiger partial charge in [-0.3, -0.25) is 4.90 Å². The van der Waals surface area contributed by atoms with Gasteiger partial charge in [0.15, 0.2) is 0 Å². The molecule has 1 aliphatic carbocycles. The van der Waals surface area contributed by atoms with Gasteiger partial charge in [0.2, 0.25) is 0 Å². The Morgan fingerprint density at radius 1 is 1.35 bits per heavy atom. The summed E-state index contributed by atoms with van der Waals surface area (Å²) in [6.07, 6.45) is 2.79. The molecule has 96 valence electrons. The Balaban J connectivity index is 1.74. The summed E-state index contributed by atoms with van der Waals surface area (Å²) in [6, 6.07) is 5.42. The summed E-state index contributed by atoms with van der Waals surface area (Å²) in [6.45, 7) is 7.75. The molecule has 0 aromatic carbocycles. The van der Waals surface area contributed by atoms with Gasteiger partial charge >= 0.3 is 0 Å². The molecular weight excluding hydrogens is 228 g/mol. The fraction of sp³-hybridized carbons (Fsp3) is 0.714. The normalized spacial score (nSPS) is 16.1. The molecular formula is C14H24N2S. The maximum Gasteiger partial charge on any atom is 0.0327 e. The number of thiophene rings is 1. The summed E-state index contributed by atoms with van der Waals surface area (Å²) in [4.78, 5) is 5.45. The molecule has 1 heterocycles. The van der Waals surface area contributed by atoms with E-state index < -0.39 is 0 Å². The SMILES string of the molecule is CC(C)CNCc1ccc(CN(C)C2CC2)s1. The van der Waals surface area contributed by atoms with Crippen molar-refractivity contribution in [1.29, 1.82) is 0 Å².